The van der Waals surface area contributed by atoms with Gasteiger partial charge in [-0.1, -0.05) is 48.7 Å². The first-order chi connectivity index (χ1) is 14.4. The van der Waals surface area contributed by atoms with Gasteiger partial charge in [0.2, 0.25) is 0 Å². The fourth-order valence-corrected chi connectivity index (χ4v) is 4.84. The maximum atomic E-state index is 13.1. The third-order valence-corrected chi connectivity index (χ3v) is 6.87. The molecule has 7 nitrogen and oxygen atoms in total. The van der Waals surface area contributed by atoms with Crippen molar-refractivity contribution in [1.29, 1.82) is 0 Å². The number of aromatic nitrogens is 1. The van der Waals surface area contributed by atoms with Crippen molar-refractivity contribution in [2.24, 2.45) is 0 Å². The Hall–Kier alpha value is -2.33. The van der Waals surface area contributed by atoms with Crippen LogP contribution in [0.1, 0.15) is 24.3 Å². The van der Waals surface area contributed by atoms with Gasteiger partial charge < -0.3 is 4.90 Å². The lowest BCUT2D eigenvalue weighted by atomic mass is 10.2. The number of nitrogens with zero attached hydrogens (tertiary/aromatic N) is 4. The van der Waals surface area contributed by atoms with Crippen LogP contribution in [0.25, 0.3) is 16.3 Å². The van der Waals surface area contributed by atoms with Crippen molar-refractivity contribution in [2.75, 3.05) is 31.1 Å². The van der Waals surface area contributed by atoms with Crippen LogP contribution in [0.15, 0.2) is 36.4 Å². The van der Waals surface area contributed by atoms with Gasteiger partial charge in [0, 0.05) is 30.1 Å². The second-order valence-electron chi connectivity index (χ2n) is 6.70. The zero-order chi connectivity index (χ0) is 21.7. The summed E-state index contributed by atoms with van der Waals surface area (Å²) in [6.07, 6.45) is 3.10. The van der Waals surface area contributed by atoms with E-state index in [9.17, 15) is 14.9 Å². The number of thiazole rings is 1. The summed E-state index contributed by atoms with van der Waals surface area (Å²) in [5.41, 5.74) is 1.99. The van der Waals surface area contributed by atoms with Crippen molar-refractivity contribution in [3.8, 4) is 0 Å². The van der Waals surface area contributed by atoms with E-state index < -0.39 is 4.92 Å². The van der Waals surface area contributed by atoms with Crippen molar-refractivity contribution < 1.29 is 9.72 Å². The molecule has 1 aromatic carbocycles. The number of likely N-dealkylation sites (N-methyl/N-ethyl adjacent to an activating group) is 1. The molecule has 0 N–H and O–H groups in total. The Kier molecular flexibility index (Phi) is 9.12. The van der Waals surface area contributed by atoms with Gasteiger partial charge >= 0.3 is 5.00 Å². The Bertz CT molecular complexity index is 1080. The molecule has 0 saturated heterocycles. The summed E-state index contributed by atoms with van der Waals surface area (Å²) in [4.78, 5) is 32.9. The maximum absolute atomic E-state index is 13.1. The molecule has 0 atom stereocenters. The average molecular weight is 481 g/mol. The standard InChI is InChI=1S/C21H24N4O3S2.ClH/c1-4-23(5-2)13-14-24(21-22-20-15(3)7-6-8-17(20)30-21)18(26)11-9-16-10-12-19(29-16)25(27)28;/h6-12H,4-5,13-14H2,1-3H3;1H. The molecule has 0 fully saturated rings. The molecular formula is C21H25ClN4O3S2. The van der Waals surface area contributed by atoms with Gasteiger partial charge in [-0.2, -0.15) is 0 Å². The molecule has 0 spiro atoms. The fraction of sp³-hybridized carbons (Fsp3) is 0.333. The lowest BCUT2D eigenvalue weighted by molar-refractivity contribution is -0.380. The summed E-state index contributed by atoms with van der Waals surface area (Å²) >= 11 is 2.54. The molecule has 10 heteroatoms. The normalized spacial score (nSPS) is 11.2. The lowest BCUT2D eigenvalue weighted by Gasteiger charge is -2.23. The monoisotopic (exact) mass is 480 g/mol. The molecule has 0 saturated carbocycles. The number of aryl methyl sites for hydroxylation is 1. The quantitative estimate of drug-likeness (QED) is 0.233. The van der Waals surface area contributed by atoms with E-state index in [0.717, 1.165) is 46.8 Å². The molecule has 1 amide bonds. The number of halogens is 1. The average Bonchev–Trinajstić information content (AvgIpc) is 3.37. The van der Waals surface area contributed by atoms with Crippen molar-refractivity contribution in [2.45, 2.75) is 20.8 Å². The van der Waals surface area contributed by atoms with Crippen LogP contribution in [0.3, 0.4) is 0 Å². The molecule has 3 rings (SSSR count). The predicted octanol–water partition coefficient (Wildman–Crippen LogP) is 5.38. The number of para-hydroxylation sites is 1. The molecule has 0 aliphatic carbocycles. The molecule has 0 radical (unpaired) electrons. The maximum Gasteiger partial charge on any atom is 0.324 e. The summed E-state index contributed by atoms with van der Waals surface area (Å²) in [6, 6.07) is 9.11. The molecule has 0 bridgehead atoms. The molecule has 0 unspecified atom stereocenters. The van der Waals surface area contributed by atoms with E-state index in [0.29, 0.717) is 16.6 Å². The summed E-state index contributed by atoms with van der Waals surface area (Å²) < 4.78 is 1.04. The van der Waals surface area contributed by atoms with Crippen molar-refractivity contribution in [1.82, 2.24) is 9.88 Å². The third kappa shape index (κ3) is 6.10. The molecule has 0 aliphatic rings. The van der Waals surface area contributed by atoms with E-state index in [2.05, 4.69) is 18.7 Å². The van der Waals surface area contributed by atoms with Crippen LogP contribution in [-0.4, -0.2) is 46.9 Å². The van der Waals surface area contributed by atoms with Crippen molar-refractivity contribution in [3.63, 3.8) is 0 Å². The van der Waals surface area contributed by atoms with Gasteiger partial charge in [-0.15, -0.1) is 12.4 Å². The van der Waals surface area contributed by atoms with Crippen LogP contribution in [0, 0.1) is 17.0 Å². The van der Waals surface area contributed by atoms with Crippen LogP contribution in [0.2, 0.25) is 0 Å². The van der Waals surface area contributed by atoms with Crippen LogP contribution in [0.4, 0.5) is 10.1 Å². The first kappa shape index (κ1) is 24.9. The van der Waals surface area contributed by atoms with Gasteiger partial charge in [-0.25, -0.2) is 4.98 Å². The van der Waals surface area contributed by atoms with Crippen LogP contribution >= 0.6 is 35.1 Å². The third-order valence-electron chi connectivity index (χ3n) is 4.82. The highest BCUT2D eigenvalue weighted by Crippen LogP contribution is 2.31. The number of amides is 1. The number of benzene rings is 1. The van der Waals surface area contributed by atoms with E-state index in [1.54, 1.807) is 17.0 Å². The Morgan fingerprint density at radius 1 is 1.16 bits per heavy atom. The second-order valence-corrected chi connectivity index (χ2v) is 8.80. The second kappa shape index (κ2) is 11.3. The minimum Gasteiger partial charge on any atom is -0.302 e. The van der Waals surface area contributed by atoms with Gasteiger partial charge in [0.15, 0.2) is 5.13 Å². The highest BCUT2D eigenvalue weighted by atomic mass is 35.5. The Morgan fingerprint density at radius 3 is 2.52 bits per heavy atom. The minimum absolute atomic E-state index is 0. The number of hydrogen-bond acceptors (Lipinski definition) is 7. The molecule has 0 aliphatic heterocycles. The van der Waals surface area contributed by atoms with Crippen molar-refractivity contribution >= 4 is 67.4 Å². The number of carbonyl (C=O) groups is 1. The Balaban J connectivity index is 0.00000341. The van der Waals surface area contributed by atoms with Crippen LogP contribution in [-0.2, 0) is 4.79 Å². The topological polar surface area (TPSA) is 79.6 Å². The SMILES string of the molecule is CCN(CC)CCN(C(=O)C=Cc1ccc([N+](=O)[O-])s1)c1nc2c(C)cccc2s1.Cl. The van der Waals surface area contributed by atoms with Gasteiger partial charge in [0.05, 0.1) is 15.1 Å². The van der Waals surface area contributed by atoms with Crippen molar-refractivity contribution in [3.05, 3.63) is 57.0 Å². The lowest BCUT2D eigenvalue weighted by Crippen LogP contribution is -2.38. The first-order valence-corrected chi connectivity index (χ1v) is 11.4. The van der Waals surface area contributed by atoms with E-state index >= 15 is 0 Å². The summed E-state index contributed by atoms with van der Waals surface area (Å²) in [7, 11) is 0. The molecule has 31 heavy (non-hydrogen) atoms. The zero-order valence-corrected chi connectivity index (χ0v) is 20.1. The predicted molar refractivity (Wildman–Crippen MR) is 132 cm³/mol. The minimum atomic E-state index is -0.427. The smallest absolute Gasteiger partial charge is 0.302 e. The van der Waals surface area contributed by atoms with Gasteiger partial charge in [-0.3, -0.25) is 19.8 Å². The summed E-state index contributed by atoms with van der Waals surface area (Å²) in [5, 5.41) is 11.6. The number of rotatable bonds is 9. The Morgan fingerprint density at radius 2 is 1.90 bits per heavy atom. The van der Waals surface area contributed by atoms with E-state index in [-0.39, 0.29) is 23.3 Å². The number of thiophene rings is 1. The van der Waals surface area contributed by atoms with Gasteiger partial charge in [-0.05, 0) is 43.8 Å². The molecule has 2 aromatic heterocycles. The van der Waals surface area contributed by atoms with E-state index in [1.165, 1.54) is 23.5 Å². The molecule has 2 heterocycles. The van der Waals surface area contributed by atoms with Crippen LogP contribution < -0.4 is 4.90 Å². The first-order valence-electron chi connectivity index (χ1n) is 9.75. The number of nitro groups is 1. The molecule has 166 valence electrons. The van der Waals surface area contributed by atoms with Crippen LogP contribution in [0.5, 0.6) is 0 Å². The van der Waals surface area contributed by atoms with E-state index in [1.807, 2.05) is 25.1 Å². The van der Waals surface area contributed by atoms with E-state index in [4.69, 9.17) is 4.98 Å². The number of anilines is 1. The Labute approximate surface area is 195 Å². The number of hydrogen-bond donors (Lipinski definition) is 0. The summed E-state index contributed by atoms with van der Waals surface area (Å²) in [5.74, 6) is -0.185. The number of fused-ring (bicyclic) bond motifs is 1. The summed E-state index contributed by atoms with van der Waals surface area (Å²) in [6.45, 7) is 9.29. The highest BCUT2D eigenvalue weighted by Gasteiger charge is 2.19. The zero-order valence-electron chi connectivity index (χ0n) is 17.6. The fourth-order valence-electron chi connectivity index (χ4n) is 3.04. The molecular weight excluding hydrogens is 456 g/mol. The molecule has 3 aromatic rings. The number of carbonyl (C=O) groups excluding carboxylic acids is 1. The van der Waals surface area contributed by atoms with Gasteiger partial charge in [0.1, 0.15) is 0 Å². The van der Waals surface area contributed by atoms with Gasteiger partial charge in [0.25, 0.3) is 5.91 Å². The largest absolute Gasteiger partial charge is 0.324 e. The highest BCUT2D eigenvalue weighted by molar-refractivity contribution is 7.22.